The van der Waals surface area contributed by atoms with Gasteiger partial charge in [0.2, 0.25) is 0 Å². The summed E-state index contributed by atoms with van der Waals surface area (Å²) in [6.45, 7) is 0. The largest absolute Gasteiger partial charge is 0.393 e. The predicted molar refractivity (Wildman–Crippen MR) is 117 cm³/mol. The second-order valence-electron chi connectivity index (χ2n) is 8.78. The van der Waals surface area contributed by atoms with Crippen LogP contribution in [-0.4, -0.2) is 34.0 Å². The van der Waals surface area contributed by atoms with Crippen molar-refractivity contribution in [3.8, 4) is 11.1 Å². The number of nitrogens with one attached hydrogen (secondary N) is 2. The standard InChI is InChI=1S/C24H26ClN3O2/c25-19-6-2-4-16(14-19)15-3-1-5-18(13-15)24(17-7-8-17)22(30)28(23(26)27-24)20-9-11-21(29)12-10-20/h1-6,13-14,17,20-21,29H,7-12H2,(H2,26,27)/t20-,21-,24?. The van der Waals surface area contributed by atoms with Gasteiger partial charge in [-0.25, -0.2) is 0 Å². The molecule has 0 spiro atoms. The second-order valence-corrected chi connectivity index (χ2v) is 9.22. The average Bonchev–Trinajstić information content (AvgIpc) is 3.56. The summed E-state index contributed by atoms with van der Waals surface area (Å²) < 4.78 is 0. The van der Waals surface area contributed by atoms with E-state index in [1.165, 1.54) is 0 Å². The van der Waals surface area contributed by atoms with Gasteiger partial charge in [-0.3, -0.25) is 15.1 Å². The third-order valence-electron chi connectivity index (χ3n) is 6.81. The van der Waals surface area contributed by atoms with E-state index in [1.807, 2.05) is 42.5 Å². The molecule has 1 atom stereocenters. The van der Waals surface area contributed by atoms with Crippen LogP contribution in [0.3, 0.4) is 0 Å². The molecular formula is C24H26ClN3O2. The fourth-order valence-corrected chi connectivity index (χ4v) is 5.28. The van der Waals surface area contributed by atoms with Crippen LogP contribution in [0.5, 0.6) is 0 Å². The van der Waals surface area contributed by atoms with Crippen molar-refractivity contribution in [2.75, 3.05) is 0 Å². The molecule has 2 aliphatic carbocycles. The Morgan fingerprint density at radius 3 is 2.33 bits per heavy atom. The molecule has 2 saturated carbocycles. The summed E-state index contributed by atoms with van der Waals surface area (Å²) in [5.74, 6) is 0.375. The van der Waals surface area contributed by atoms with Crippen molar-refractivity contribution < 1.29 is 9.90 Å². The van der Waals surface area contributed by atoms with Gasteiger partial charge in [0.05, 0.1) is 6.10 Å². The van der Waals surface area contributed by atoms with Gasteiger partial charge in [0.25, 0.3) is 5.91 Å². The number of guanidine groups is 1. The first-order chi connectivity index (χ1) is 14.5. The van der Waals surface area contributed by atoms with E-state index in [4.69, 9.17) is 17.0 Å². The van der Waals surface area contributed by atoms with Gasteiger partial charge in [-0.1, -0.05) is 41.9 Å². The Balaban J connectivity index is 1.52. The van der Waals surface area contributed by atoms with Gasteiger partial charge in [-0.2, -0.15) is 0 Å². The lowest BCUT2D eigenvalue weighted by atomic mass is 9.82. The van der Waals surface area contributed by atoms with E-state index in [1.54, 1.807) is 4.90 Å². The molecule has 2 aromatic carbocycles. The zero-order chi connectivity index (χ0) is 20.9. The molecule has 1 aliphatic heterocycles. The van der Waals surface area contributed by atoms with E-state index < -0.39 is 5.54 Å². The fraction of sp³-hybridized carbons (Fsp3) is 0.417. The van der Waals surface area contributed by atoms with E-state index in [-0.39, 0.29) is 29.9 Å². The van der Waals surface area contributed by atoms with Crippen molar-refractivity contribution >= 4 is 23.5 Å². The van der Waals surface area contributed by atoms with E-state index in [0.717, 1.165) is 42.4 Å². The number of nitrogens with zero attached hydrogens (tertiary/aromatic N) is 1. The highest BCUT2D eigenvalue weighted by Crippen LogP contribution is 2.50. The van der Waals surface area contributed by atoms with Crippen LogP contribution in [0.2, 0.25) is 5.02 Å². The van der Waals surface area contributed by atoms with Crippen LogP contribution in [-0.2, 0) is 10.3 Å². The summed E-state index contributed by atoms with van der Waals surface area (Å²) in [6, 6.07) is 15.8. The van der Waals surface area contributed by atoms with Gasteiger partial charge in [-0.05, 0) is 79.3 Å². The Kier molecular flexibility index (Phi) is 4.83. The number of aliphatic hydroxyl groups is 1. The molecule has 0 bridgehead atoms. The van der Waals surface area contributed by atoms with Crippen molar-refractivity contribution in [3.05, 3.63) is 59.1 Å². The van der Waals surface area contributed by atoms with E-state index in [2.05, 4.69) is 11.4 Å². The normalized spacial score (nSPS) is 29.2. The maximum absolute atomic E-state index is 13.8. The lowest BCUT2D eigenvalue weighted by Crippen LogP contribution is -2.48. The number of rotatable bonds is 4. The topological polar surface area (TPSA) is 76.4 Å². The molecule has 0 aromatic heterocycles. The van der Waals surface area contributed by atoms with Gasteiger partial charge in [0.1, 0.15) is 5.54 Å². The second kappa shape index (κ2) is 7.40. The number of halogens is 1. The number of carbonyl (C=O) groups is 1. The van der Waals surface area contributed by atoms with Crippen LogP contribution in [0.25, 0.3) is 11.1 Å². The van der Waals surface area contributed by atoms with Gasteiger partial charge >= 0.3 is 0 Å². The molecule has 5 rings (SSSR count). The monoisotopic (exact) mass is 423 g/mol. The molecular weight excluding hydrogens is 398 g/mol. The Labute approximate surface area is 181 Å². The number of benzene rings is 2. The molecule has 30 heavy (non-hydrogen) atoms. The summed E-state index contributed by atoms with van der Waals surface area (Å²) >= 11 is 6.19. The van der Waals surface area contributed by atoms with Crippen LogP contribution < -0.4 is 5.32 Å². The summed E-state index contributed by atoms with van der Waals surface area (Å²) in [4.78, 5) is 15.5. The minimum Gasteiger partial charge on any atom is -0.393 e. The van der Waals surface area contributed by atoms with Crippen LogP contribution in [0, 0.1) is 11.3 Å². The molecule has 1 saturated heterocycles. The third kappa shape index (κ3) is 3.21. The Hall–Kier alpha value is -2.37. The SMILES string of the molecule is N=C1NC(c2cccc(-c3cccc(Cl)c3)c2)(C2CC2)C(=O)N1[C@H]1CC[C@H](O)CC1. The lowest BCUT2D eigenvalue weighted by molar-refractivity contribution is -0.134. The number of amides is 1. The summed E-state index contributed by atoms with van der Waals surface area (Å²) in [7, 11) is 0. The summed E-state index contributed by atoms with van der Waals surface area (Å²) in [5.41, 5.74) is 2.06. The van der Waals surface area contributed by atoms with E-state index in [9.17, 15) is 9.90 Å². The van der Waals surface area contributed by atoms with Gasteiger partial charge in [-0.15, -0.1) is 0 Å². The van der Waals surface area contributed by atoms with Gasteiger partial charge in [0.15, 0.2) is 5.96 Å². The van der Waals surface area contributed by atoms with Crippen molar-refractivity contribution in [3.63, 3.8) is 0 Å². The zero-order valence-electron chi connectivity index (χ0n) is 16.8. The summed E-state index contributed by atoms with van der Waals surface area (Å²) in [5, 5.41) is 22.5. The van der Waals surface area contributed by atoms with Crippen molar-refractivity contribution in [1.29, 1.82) is 5.41 Å². The molecule has 1 heterocycles. The highest BCUT2D eigenvalue weighted by atomic mass is 35.5. The van der Waals surface area contributed by atoms with Gasteiger partial charge < -0.3 is 10.4 Å². The number of carbonyl (C=O) groups excluding carboxylic acids is 1. The highest BCUT2D eigenvalue weighted by molar-refractivity contribution is 6.30. The molecule has 156 valence electrons. The lowest BCUT2D eigenvalue weighted by Gasteiger charge is -2.33. The number of hydrogen-bond donors (Lipinski definition) is 3. The molecule has 1 amide bonds. The first kappa shape index (κ1) is 19.6. The molecule has 3 fully saturated rings. The molecule has 0 radical (unpaired) electrons. The quantitative estimate of drug-likeness (QED) is 0.686. The minimum absolute atomic E-state index is 0.0142. The molecule has 5 nitrogen and oxygen atoms in total. The maximum Gasteiger partial charge on any atom is 0.260 e. The molecule has 6 heteroatoms. The fourth-order valence-electron chi connectivity index (χ4n) is 5.09. The Bertz CT molecular complexity index is 997. The first-order valence-corrected chi connectivity index (χ1v) is 11.1. The molecule has 3 aliphatic rings. The average molecular weight is 424 g/mol. The zero-order valence-corrected chi connectivity index (χ0v) is 17.5. The third-order valence-corrected chi connectivity index (χ3v) is 7.04. The molecule has 3 N–H and O–H groups in total. The van der Waals surface area contributed by atoms with Crippen LogP contribution in [0.4, 0.5) is 0 Å². The minimum atomic E-state index is -0.873. The van der Waals surface area contributed by atoms with Crippen LogP contribution in [0.15, 0.2) is 48.5 Å². The van der Waals surface area contributed by atoms with E-state index >= 15 is 0 Å². The Morgan fingerprint density at radius 2 is 1.67 bits per heavy atom. The van der Waals surface area contributed by atoms with Gasteiger partial charge in [0, 0.05) is 11.1 Å². The van der Waals surface area contributed by atoms with Crippen LogP contribution >= 0.6 is 11.6 Å². The number of hydrogen-bond acceptors (Lipinski definition) is 3. The first-order valence-electron chi connectivity index (χ1n) is 10.7. The van der Waals surface area contributed by atoms with Crippen molar-refractivity contribution in [2.24, 2.45) is 5.92 Å². The maximum atomic E-state index is 13.8. The highest BCUT2D eigenvalue weighted by Gasteiger charge is 2.60. The smallest absolute Gasteiger partial charge is 0.260 e. The molecule has 1 unspecified atom stereocenters. The number of aliphatic hydroxyl groups excluding tert-OH is 1. The Morgan fingerprint density at radius 1 is 1.00 bits per heavy atom. The molecule has 2 aromatic rings. The van der Waals surface area contributed by atoms with E-state index in [0.29, 0.717) is 17.9 Å². The van der Waals surface area contributed by atoms with Crippen molar-refractivity contribution in [1.82, 2.24) is 10.2 Å². The van der Waals surface area contributed by atoms with Crippen molar-refractivity contribution in [2.45, 2.75) is 56.2 Å². The summed E-state index contributed by atoms with van der Waals surface area (Å²) in [6.07, 6.45) is 4.50. The predicted octanol–water partition coefficient (Wildman–Crippen LogP) is 4.28. The van der Waals surface area contributed by atoms with Crippen LogP contribution in [0.1, 0.15) is 44.1 Å².